The normalized spacial score (nSPS) is 10.8. The summed E-state index contributed by atoms with van der Waals surface area (Å²) in [5.41, 5.74) is 1.04. The molecule has 3 heterocycles. The van der Waals surface area contributed by atoms with Crippen LogP contribution in [0.1, 0.15) is 15.9 Å². The second-order valence-electron chi connectivity index (χ2n) is 6.10. The third-order valence-corrected chi connectivity index (χ3v) is 4.22. The van der Waals surface area contributed by atoms with E-state index < -0.39 is 17.5 Å². The number of pyridine rings is 1. The second kappa shape index (κ2) is 7.07. The number of aryl methyl sites for hydroxylation is 1. The molecule has 28 heavy (non-hydrogen) atoms. The molecule has 1 amide bonds. The first-order chi connectivity index (χ1) is 13.5. The van der Waals surface area contributed by atoms with Gasteiger partial charge in [0, 0.05) is 24.7 Å². The van der Waals surface area contributed by atoms with Gasteiger partial charge in [-0.15, -0.1) is 0 Å². The molecule has 0 atom stereocenters. The molecule has 8 heteroatoms. The van der Waals surface area contributed by atoms with Crippen molar-refractivity contribution in [2.45, 2.75) is 6.92 Å². The van der Waals surface area contributed by atoms with Gasteiger partial charge in [0.1, 0.15) is 22.9 Å². The molecule has 0 unspecified atom stereocenters. The van der Waals surface area contributed by atoms with Crippen LogP contribution in [0.25, 0.3) is 11.5 Å². The smallest absolute Gasteiger partial charge is 0.262 e. The van der Waals surface area contributed by atoms with Crippen molar-refractivity contribution in [3.8, 4) is 11.5 Å². The number of hydrogen-bond acceptors (Lipinski definition) is 3. The number of carbonyl (C=O) groups excluding carboxylic acids is 1. The van der Waals surface area contributed by atoms with Crippen molar-refractivity contribution >= 4 is 11.7 Å². The Hall–Kier alpha value is -3.81. The van der Waals surface area contributed by atoms with Crippen LogP contribution in [0.2, 0.25) is 0 Å². The minimum Gasteiger partial charge on any atom is -0.308 e. The van der Waals surface area contributed by atoms with Gasteiger partial charge >= 0.3 is 0 Å². The average molecular weight is 379 g/mol. The highest BCUT2D eigenvalue weighted by Crippen LogP contribution is 2.23. The number of nitrogens with one attached hydrogen (secondary N) is 1. The number of anilines is 1. The zero-order valence-electron chi connectivity index (χ0n) is 14.8. The average Bonchev–Trinajstić information content (AvgIpc) is 3.32. The maximum atomic E-state index is 14.3. The zero-order valence-corrected chi connectivity index (χ0v) is 14.8. The van der Waals surface area contributed by atoms with Crippen LogP contribution >= 0.6 is 0 Å². The van der Waals surface area contributed by atoms with E-state index in [0.29, 0.717) is 11.6 Å². The van der Waals surface area contributed by atoms with Crippen molar-refractivity contribution in [2.24, 2.45) is 0 Å². The van der Waals surface area contributed by atoms with E-state index in [4.69, 9.17) is 0 Å². The van der Waals surface area contributed by atoms with Crippen molar-refractivity contribution in [1.82, 2.24) is 19.3 Å². The van der Waals surface area contributed by atoms with E-state index in [0.717, 1.165) is 17.7 Å². The van der Waals surface area contributed by atoms with Gasteiger partial charge in [-0.2, -0.15) is 5.10 Å². The van der Waals surface area contributed by atoms with Crippen LogP contribution in [-0.2, 0) is 0 Å². The highest BCUT2D eigenvalue weighted by Gasteiger charge is 2.22. The molecule has 0 saturated heterocycles. The molecule has 3 aromatic heterocycles. The van der Waals surface area contributed by atoms with E-state index in [1.807, 2.05) is 13.0 Å². The van der Waals surface area contributed by atoms with Crippen molar-refractivity contribution in [1.29, 1.82) is 0 Å². The molecule has 0 bridgehead atoms. The topological polar surface area (TPSA) is 64.7 Å². The molecule has 0 saturated carbocycles. The summed E-state index contributed by atoms with van der Waals surface area (Å²) in [6.45, 7) is 1.83. The number of nitrogens with zero attached hydrogens (tertiary/aromatic N) is 4. The molecule has 0 aliphatic rings. The Kier molecular flexibility index (Phi) is 4.44. The number of halogens is 2. The molecular weight excluding hydrogens is 364 g/mol. The van der Waals surface area contributed by atoms with Gasteiger partial charge in [-0.25, -0.2) is 18.4 Å². The predicted octanol–water partition coefficient (Wildman–Crippen LogP) is 3.90. The van der Waals surface area contributed by atoms with Gasteiger partial charge < -0.3 is 9.88 Å². The highest BCUT2D eigenvalue weighted by atomic mass is 19.1. The molecular formula is C20H15F2N5O. The molecule has 140 valence electrons. The van der Waals surface area contributed by atoms with Gasteiger partial charge in [-0.05, 0) is 42.8 Å². The summed E-state index contributed by atoms with van der Waals surface area (Å²) in [6, 6.07) is 10.3. The molecule has 0 spiro atoms. The van der Waals surface area contributed by atoms with Gasteiger partial charge in [0.15, 0.2) is 11.6 Å². The lowest BCUT2D eigenvalue weighted by Gasteiger charge is -2.12. The summed E-state index contributed by atoms with van der Waals surface area (Å²) in [4.78, 5) is 17.1. The number of hydrogen-bond donors (Lipinski definition) is 1. The van der Waals surface area contributed by atoms with E-state index >= 15 is 0 Å². The van der Waals surface area contributed by atoms with E-state index in [9.17, 15) is 13.6 Å². The van der Waals surface area contributed by atoms with Crippen molar-refractivity contribution < 1.29 is 13.6 Å². The highest BCUT2D eigenvalue weighted by molar-refractivity contribution is 6.06. The van der Waals surface area contributed by atoms with Crippen LogP contribution in [0, 0.1) is 18.6 Å². The molecule has 4 rings (SSSR count). The van der Waals surface area contributed by atoms with Crippen molar-refractivity contribution in [3.63, 3.8) is 0 Å². The molecule has 0 fully saturated rings. The maximum absolute atomic E-state index is 14.3. The van der Waals surface area contributed by atoms with Crippen LogP contribution in [0.15, 0.2) is 67.3 Å². The fraction of sp³-hybridized carbons (Fsp3) is 0.0500. The van der Waals surface area contributed by atoms with Crippen LogP contribution in [0.4, 0.5) is 14.6 Å². The molecule has 1 aromatic carbocycles. The first-order valence-corrected chi connectivity index (χ1v) is 8.44. The number of carbonyl (C=O) groups is 1. The maximum Gasteiger partial charge on any atom is 0.262 e. The number of benzene rings is 1. The summed E-state index contributed by atoms with van der Waals surface area (Å²) in [5, 5.41) is 6.92. The van der Waals surface area contributed by atoms with Gasteiger partial charge in [-0.1, -0.05) is 6.07 Å². The Labute approximate surface area is 159 Å². The van der Waals surface area contributed by atoms with Crippen LogP contribution in [0.5, 0.6) is 0 Å². The van der Waals surface area contributed by atoms with Gasteiger partial charge in [0.2, 0.25) is 0 Å². The summed E-state index contributed by atoms with van der Waals surface area (Å²) in [6.07, 6.45) is 6.33. The second-order valence-corrected chi connectivity index (χ2v) is 6.10. The van der Waals surface area contributed by atoms with Crippen LogP contribution in [-0.4, -0.2) is 25.2 Å². The van der Waals surface area contributed by atoms with Crippen molar-refractivity contribution in [2.75, 3.05) is 5.32 Å². The lowest BCUT2D eigenvalue weighted by Crippen LogP contribution is -2.17. The Morgan fingerprint density at radius 1 is 1.11 bits per heavy atom. The first kappa shape index (κ1) is 17.6. The van der Waals surface area contributed by atoms with Gasteiger partial charge in [0.25, 0.3) is 5.91 Å². The number of aromatic nitrogens is 4. The Bertz CT molecular complexity index is 1150. The SMILES string of the molecule is Cc1cccnc1NC(=O)c1cnn(-c2ccc(F)cc2F)c1-n1cccc1. The first-order valence-electron chi connectivity index (χ1n) is 8.44. The molecule has 0 aliphatic heterocycles. The van der Waals surface area contributed by atoms with Crippen LogP contribution in [0.3, 0.4) is 0 Å². The lowest BCUT2D eigenvalue weighted by atomic mass is 10.2. The zero-order chi connectivity index (χ0) is 19.7. The molecule has 0 radical (unpaired) electrons. The Balaban J connectivity index is 1.81. The summed E-state index contributed by atoms with van der Waals surface area (Å²) >= 11 is 0. The predicted molar refractivity (Wildman–Crippen MR) is 99.7 cm³/mol. The van der Waals surface area contributed by atoms with E-state index in [2.05, 4.69) is 15.4 Å². The summed E-state index contributed by atoms with van der Waals surface area (Å²) < 4.78 is 30.5. The van der Waals surface area contributed by atoms with Crippen molar-refractivity contribution in [3.05, 3.63) is 90.0 Å². The lowest BCUT2D eigenvalue weighted by molar-refractivity contribution is 0.102. The summed E-state index contributed by atoms with van der Waals surface area (Å²) in [5.74, 6) is -1.18. The minimum absolute atomic E-state index is 0.0261. The van der Waals surface area contributed by atoms with E-state index in [1.165, 1.54) is 16.9 Å². The van der Waals surface area contributed by atoms with Gasteiger partial charge in [0.05, 0.1) is 6.20 Å². The molecule has 0 aliphatic carbocycles. The van der Waals surface area contributed by atoms with E-state index in [-0.39, 0.29) is 11.3 Å². The van der Waals surface area contributed by atoms with Gasteiger partial charge in [-0.3, -0.25) is 4.79 Å². The standard InChI is InChI=1S/C20H15F2N5O/c1-13-5-4-8-23-18(13)25-19(28)15-12-24-27(20(15)26-9-2-3-10-26)17-7-6-14(21)11-16(17)22/h2-12H,1H3,(H,23,25,28). The third kappa shape index (κ3) is 3.16. The number of amides is 1. The quantitative estimate of drug-likeness (QED) is 0.585. The monoisotopic (exact) mass is 379 g/mol. The Morgan fingerprint density at radius 3 is 2.61 bits per heavy atom. The summed E-state index contributed by atoms with van der Waals surface area (Å²) in [7, 11) is 0. The fourth-order valence-corrected chi connectivity index (χ4v) is 2.85. The minimum atomic E-state index is -0.788. The number of rotatable bonds is 4. The van der Waals surface area contributed by atoms with E-state index in [1.54, 1.807) is 41.4 Å². The molecule has 4 aromatic rings. The third-order valence-electron chi connectivity index (χ3n) is 4.22. The fourth-order valence-electron chi connectivity index (χ4n) is 2.85. The largest absolute Gasteiger partial charge is 0.308 e. The Morgan fingerprint density at radius 2 is 1.89 bits per heavy atom. The molecule has 6 nitrogen and oxygen atoms in total. The molecule has 1 N–H and O–H groups in total. The van der Waals surface area contributed by atoms with Crippen LogP contribution < -0.4 is 5.32 Å².